The number of quaternary nitrogens is 1. The van der Waals surface area contributed by atoms with Gasteiger partial charge in [0.25, 0.3) is 0 Å². The highest BCUT2D eigenvalue weighted by atomic mass is 32.2. The van der Waals surface area contributed by atoms with Crippen LogP contribution in [0.25, 0.3) is 0 Å². The van der Waals surface area contributed by atoms with Crippen molar-refractivity contribution in [2.24, 2.45) is 5.92 Å². The number of sulfonamides is 1. The van der Waals surface area contributed by atoms with E-state index in [0.717, 1.165) is 25.2 Å². The maximum absolute atomic E-state index is 12.7. The summed E-state index contributed by atoms with van der Waals surface area (Å²) in [4.78, 5) is 1.68. The van der Waals surface area contributed by atoms with Gasteiger partial charge in [-0.2, -0.15) is 9.57 Å². The molecule has 1 saturated heterocycles. The van der Waals surface area contributed by atoms with Crippen molar-refractivity contribution < 1.29 is 13.3 Å². The summed E-state index contributed by atoms with van der Waals surface area (Å²) in [7, 11) is -3.41. The van der Waals surface area contributed by atoms with Crippen molar-refractivity contribution in [3.63, 3.8) is 0 Å². The lowest BCUT2D eigenvalue weighted by atomic mass is 10.0. The normalized spacial score (nSPS) is 18.7. The lowest BCUT2D eigenvalue weighted by Gasteiger charge is -2.32. The summed E-state index contributed by atoms with van der Waals surface area (Å²) in [6.07, 6.45) is 0. The molecule has 1 aliphatic rings. The maximum atomic E-state index is 12.7. The number of nitriles is 1. The van der Waals surface area contributed by atoms with Crippen LogP contribution >= 0.6 is 0 Å². The lowest BCUT2D eigenvalue weighted by molar-refractivity contribution is -0.905. The number of hydrogen-bond acceptors (Lipinski definition) is 3. The molecular weight excluding hydrogens is 310 g/mol. The van der Waals surface area contributed by atoms with Crippen LogP contribution in [0.2, 0.25) is 0 Å². The molecule has 2 rings (SSSR count). The van der Waals surface area contributed by atoms with Gasteiger partial charge >= 0.3 is 0 Å². The molecule has 0 saturated carbocycles. The van der Waals surface area contributed by atoms with Crippen LogP contribution in [-0.4, -0.2) is 45.4 Å². The summed E-state index contributed by atoms with van der Waals surface area (Å²) in [6, 6.07) is 9.45. The van der Waals surface area contributed by atoms with E-state index >= 15 is 0 Å². The van der Waals surface area contributed by atoms with Crippen LogP contribution in [0.15, 0.2) is 29.2 Å². The predicted octanol–water partition coefficient (Wildman–Crippen LogP) is 0.859. The van der Waals surface area contributed by atoms with Crippen molar-refractivity contribution in [2.75, 3.05) is 32.7 Å². The van der Waals surface area contributed by atoms with E-state index in [2.05, 4.69) is 19.9 Å². The van der Waals surface area contributed by atoms with Crippen molar-refractivity contribution in [3.8, 4) is 6.07 Å². The summed E-state index contributed by atoms with van der Waals surface area (Å²) in [5.41, 5.74) is 1.14. The van der Waals surface area contributed by atoms with Crippen LogP contribution in [0.5, 0.6) is 0 Å². The molecule has 5 nitrogen and oxygen atoms in total. The quantitative estimate of drug-likeness (QED) is 0.867. The fourth-order valence-electron chi connectivity index (χ4n) is 2.90. The third-order valence-corrected chi connectivity index (χ3v) is 6.34. The number of nitrogens with zero attached hydrogens (tertiary/aromatic N) is 2. The topological polar surface area (TPSA) is 65.6 Å². The van der Waals surface area contributed by atoms with E-state index in [4.69, 9.17) is 5.26 Å². The van der Waals surface area contributed by atoms with Crippen molar-refractivity contribution in [2.45, 2.75) is 31.6 Å². The highest BCUT2D eigenvalue weighted by Crippen LogP contribution is 2.20. The average Bonchev–Trinajstić information content (AvgIpc) is 2.55. The second kappa shape index (κ2) is 7.43. The zero-order valence-corrected chi connectivity index (χ0v) is 14.9. The van der Waals surface area contributed by atoms with Crippen molar-refractivity contribution >= 4 is 10.0 Å². The molecule has 1 N–H and O–H groups in total. The standard InChI is InChI=1S/C17H25N3O2S/c1-14(2)16-4-6-17(7-5-16)23(21,22)20-10-8-19(9-11-20)13-15(3)12-18/h4-7,14-15H,8-11,13H2,1-3H3/p+1/t15-/m0/s1. The molecule has 1 aliphatic heterocycles. The Labute approximate surface area is 139 Å². The van der Waals surface area contributed by atoms with Crippen LogP contribution in [-0.2, 0) is 10.0 Å². The Hall–Kier alpha value is -1.42. The third-order valence-electron chi connectivity index (χ3n) is 4.43. The Bertz CT molecular complexity index is 654. The molecule has 0 spiro atoms. The Kier molecular flexibility index (Phi) is 5.79. The molecule has 126 valence electrons. The molecular formula is C17H26N3O2S+. The van der Waals surface area contributed by atoms with Gasteiger partial charge in [-0.3, -0.25) is 0 Å². The fourth-order valence-corrected chi connectivity index (χ4v) is 4.34. The molecule has 1 atom stereocenters. The summed E-state index contributed by atoms with van der Waals surface area (Å²) in [6.45, 7) is 9.43. The largest absolute Gasteiger partial charge is 0.332 e. The van der Waals surface area contributed by atoms with Gasteiger partial charge in [0, 0.05) is 0 Å². The minimum Gasteiger partial charge on any atom is -0.332 e. The summed E-state index contributed by atoms with van der Waals surface area (Å²) >= 11 is 0. The van der Waals surface area contributed by atoms with Gasteiger partial charge in [-0.1, -0.05) is 26.0 Å². The Morgan fingerprint density at radius 3 is 2.22 bits per heavy atom. The second-order valence-corrected chi connectivity index (χ2v) is 8.55. The minimum atomic E-state index is -3.41. The summed E-state index contributed by atoms with van der Waals surface area (Å²) in [5.74, 6) is 0.401. The van der Waals surface area contributed by atoms with Crippen LogP contribution < -0.4 is 4.90 Å². The minimum absolute atomic E-state index is 0.0109. The first kappa shape index (κ1) is 17.9. The molecule has 0 aromatic heterocycles. The molecule has 0 radical (unpaired) electrons. The first-order chi connectivity index (χ1) is 10.8. The van der Waals surface area contributed by atoms with Crippen LogP contribution in [0.1, 0.15) is 32.3 Å². The Morgan fingerprint density at radius 1 is 1.17 bits per heavy atom. The van der Waals surface area contributed by atoms with Crippen molar-refractivity contribution in [1.82, 2.24) is 4.31 Å². The summed E-state index contributed by atoms with van der Waals surface area (Å²) in [5, 5.41) is 8.89. The van der Waals surface area contributed by atoms with Gasteiger partial charge in [0.05, 0.1) is 49.6 Å². The number of piperazine rings is 1. The molecule has 1 aromatic carbocycles. The van der Waals surface area contributed by atoms with E-state index in [0.29, 0.717) is 23.9 Å². The number of benzene rings is 1. The lowest BCUT2D eigenvalue weighted by Crippen LogP contribution is -3.15. The number of rotatable bonds is 5. The van der Waals surface area contributed by atoms with Crippen LogP contribution in [0.3, 0.4) is 0 Å². The van der Waals surface area contributed by atoms with Crippen molar-refractivity contribution in [3.05, 3.63) is 29.8 Å². The Morgan fingerprint density at radius 2 is 1.74 bits per heavy atom. The number of hydrogen-bond donors (Lipinski definition) is 1. The molecule has 0 amide bonds. The van der Waals surface area contributed by atoms with Gasteiger partial charge in [-0.25, -0.2) is 8.42 Å². The predicted molar refractivity (Wildman–Crippen MR) is 89.6 cm³/mol. The van der Waals surface area contributed by atoms with Gasteiger partial charge in [0.15, 0.2) is 0 Å². The molecule has 0 aliphatic carbocycles. The Balaban J connectivity index is 2.03. The molecule has 0 unspecified atom stereocenters. The number of nitrogens with one attached hydrogen (secondary N) is 1. The molecule has 6 heteroatoms. The molecule has 1 fully saturated rings. The highest BCUT2D eigenvalue weighted by molar-refractivity contribution is 7.89. The van der Waals surface area contributed by atoms with Gasteiger partial charge in [0.1, 0.15) is 0 Å². The zero-order valence-electron chi connectivity index (χ0n) is 14.1. The second-order valence-electron chi connectivity index (χ2n) is 6.61. The van der Waals surface area contributed by atoms with Gasteiger partial charge in [-0.15, -0.1) is 0 Å². The van der Waals surface area contributed by atoms with E-state index in [9.17, 15) is 8.42 Å². The van der Waals surface area contributed by atoms with Crippen LogP contribution in [0, 0.1) is 17.2 Å². The molecule has 23 heavy (non-hydrogen) atoms. The van der Waals surface area contributed by atoms with Gasteiger partial charge in [-0.05, 0) is 30.5 Å². The molecule has 1 aromatic rings. The fraction of sp³-hybridized carbons (Fsp3) is 0.588. The van der Waals surface area contributed by atoms with E-state index in [1.807, 2.05) is 19.1 Å². The monoisotopic (exact) mass is 336 g/mol. The SMILES string of the molecule is CC(C)c1ccc(S(=O)(=O)N2CC[NH+](C[C@@H](C)C#N)CC2)cc1. The van der Waals surface area contributed by atoms with Gasteiger partial charge < -0.3 is 4.90 Å². The van der Waals surface area contributed by atoms with Crippen molar-refractivity contribution in [1.29, 1.82) is 5.26 Å². The van der Waals surface area contributed by atoms with Gasteiger partial charge in [0.2, 0.25) is 10.0 Å². The first-order valence-corrected chi connectivity index (χ1v) is 9.62. The molecule has 1 heterocycles. The van der Waals surface area contributed by atoms with E-state index in [-0.39, 0.29) is 5.92 Å². The smallest absolute Gasteiger partial charge is 0.243 e. The average molecular weight is 336 g/mol. The highest BCUT2D eigenvalue weighted by Gasteiger charge is 2.30. The zero-order chi connectivity index (χ0) is 17.0. The third kappa shape index (κ3) is 4.31. The van der Waals surface area contributed by atoms with E-state index < -0.39 is 10.0 Å². The maximum Gasteiger partial charge on any atom is 0.243 e. The van der Waals surface area contributed by atoms with E-state index in [1.54, 1.807) is 16.4 Å². The molecule has 0 bridgehead atoms. The first-order valence-electron chi connectivity index (χ1n) is 8.18. The van der Waals surface area contributed by atoms with Crippen LogP contribution in [0.4, 0.5) is 0 Å². The van der Waals surface area contributed by atoms with E-state index in [1.165, 1.54) is 4.90 Å². The summed E-state index contributed by atoms with van der Waals surface area (Å²) < 4.78 is 27.0.